The second-order valence-corrected chi connectivity index (χ2v) is 8.49. The highest BCUT2D eigenvalue weighted by atomic mass is 32.2. The summed E-state index contributed by atoms with van der Waals surface area (Å²) < 4.78 is 5.18. The molecule has 0 fully saturated rings. The second kappa shape index (κ2) is 12.3. The highest BCUT2D eigenvalue weighted by Crippen LogP contribution is 2.17. The number of methoxy groups -OCH3 is 1. The minimum atomic E-state index is -0.509. The fraction of sp³-hybridized carbons (Fsp3) is 0.417. The zero-order chi connectivity index (χ0) is 21.9. The number of carbonyl (C=O) groups excluding carboxylic acids is 2. The van der Waals surface area contributed by atoms with Gasteiger partial charge in [0.1, 0.15) is 11.8 Å². The van der Waals surface area contributed by atoms with Crippen molar-refractivity contribution in [1.29, 1.82) is 0 Å². The normalized spacial score (nSPS) is 11.8. The van der Waals surface area contributed by atoms with Crippen LogP contribution in [0.1, 0.15) is 31.9 Å². The number of ether oxygens (including phenoxy) is 1. The largest absolute Gasteiger partial charge is 0.497 e. The van der Waals surface area contributed by atoms with Crippen molar-refractivity contribution in [3.05, 3.63) is 65.7 Å². The van der Waals surface area contributed by atoms with E-state index in [9.17, 15) is 9.59 Å². The number of hydrogen-bond donors (Lipinski definition) is 1. The molecule has 0 aliphatic carbocycles. The second-order valence-electron chi connectivity index (χ2n) is 7.50. The maximum Gasteiger partial charge on any atom is 0.242 e. The summed E-state index contributed by atoms with van der Waals surface area (Å²) in [5.74, 6) is 1.74. The van der Waals surface area contributed by atoms with Crippen LogP contribution < -0.4 is 10.1 Å². The molecular weight excluding hydrogens is 396 g/mol. The molecule has 30 heavy (non-hydrogen) atoms. The number of benzene rings is 2. The highest BCUT2D eigenvalue weighted by Gasteiger charge is 2.25. The van der Waals surface area contributed by atoms with Crippen LogP contribution in [0.15, 0.2) is 54.6 Å². The molecule has 5 nitrogen and oxygen atoms in total. The quantitative estimate of drug-likeness (QED) is 0.589. The van der Waals surface area contributed by atoms with Crippen LogP contribution in [0.4, 0.5) is 0 Å². The molecule has 0 radical (unpaired) electrons. The first-order valence-electron chi connectivity index (χ1n) is 10.2. The van der Waals surface area contributed by atoms with Crippen molar-refractivity contribution in [2.45, 2.75) is 45.0 Å². The third-order valence-electron chi connectivity index (χ3n) is 4.74. The van der Waals surface area contributed by atoms with Crippen LogP contribution in [-0.4, -0.2) is 48.2 Å². The van der Waals surface area contributed by atoms with Gasteiger partial charge in [0.05, 0.1) is 12.9 Å². The molecule has 2 rings (SSSR count). The van der Waals surface area contributed by atoms with Crippen LogP contribution in [0.25, 0.3) is 0 Å². The van der Waals surface area contributed by atoms with E-state index < -0.39 is 6.04 Å². The molecule has 0 aliphatic heterocycles. The van der Waals surface area contributed by atoms with Crippen molar-refractivity contribution in [1.82, 2.24) is 10.2 Å². The highest BCUT2D eigenvalue weighted by molar-refractivity contribution is 7.99. The maximum atomic E-state index is 13.0. The molecule has 162 valence electrons. The number of carbonyl (C=O) groups is 2. The number of amides is 2. The van der Waals surface area contributed by atoms with Crippen molar-refractivity contribution < 1.29 is 14.3 Å². The van der Waals surface area contributed by atoms with Crippen molar-refractivity contribution in [2.75, 3.05) is 19.4 Å². The molecule has 0 heterocycles. The lowest BCUT2D eigenvalue weighted by Gasteiger charge is -2.29. The first-order valence-corrected chi connectivity index (χ1v) is 11.4. The Labute approximate surface area is 184 Å². The Hall–Kier alpha value is -2.47. The Bertz CT molecular complexity index is 794. The monoisotopic (exact) mass is 428 g/mol. The van der Waals surface area contributed by atoms with Gasteiger partial charge in [-0.3, -0.25) is 9.59 Å². The van der Waals surface area contributed by atoms with Gasteiger partial charge in [0.2, 0.25) is 11.8 Å². The smallest absolute Gasteiger partial charge is 0.242 e. The number of hydrogen-bond acceptors (Lipinski definition) is 4. The zero-order valence-corrected chi connectivity index (χ0v) is 19.1. The topological polar surface area (TPSA) is 58.6 Å². The van der Waals surface area contributed by atoms with E-state index in [-0.39, 0.29) is 17.9 Å². The molecule has 0 aliphatic rings. The summed E-state index contributed by atoms with van der Waals surface area (Å²) in [5.41, 5.74) is 2.28. The Morgan fingerprint density at radius 2 is 1.67 bits per heavy atom. The third-order valence-corrected chi connectivity index (χ3v) is 5.72. The lowest BCUT2D eigenvalue weighted by atomic mass is 10.1. The molecule has 0 aromatic heterocycles. The van der Waals surface area contributed by atoms with Crippen LogP contribution in [0, 0.1) is 0 Å². The van der Waals surface area contributed by atoms with Gasteiger partial charge in [-0.1, -0.05) is 42.5 Å². The fourth-order valence-corrected chi connectivity index (χ4v) is 3.91. The Balaban J connectivity index is 1.97. The van der Waals surface area contributed by atoms with Gasteiger partial charge in [-0.2, -0.15) is 0 Å². The molecule has 2 aromatic carbocycles. The summed E-state index contributed by atoms with van der Waals surface area (Å²) in [6.45, 7) is 6.16. The minimum Gasteiger partial charge on any atom is -0.497 e. The van der Waals surface area contributed by atoms with Gasteiger partial charge in [-0.25, -0.2) is 0 Å². The Morgan fingerprint density at radius 3 is 2.27 bits per heavy atom. The molecule has 2 amide bonds. The Kier molecular flexibility index (Phi) is 9.74. The number of nitrogens with zero attached hydrogens (tertiary/aromatic N) is 1. The van der Waals surface area contributed by atoms with E-state index in [4.69, 9.17) is 4.74 Å². The van der Waals surface area contributed by atoms with Gasteiger partial charge in [0, 0.05) is 18.3 Å². The molecule has 6 heteroatoms. The SMILES string of the molecule is COc1ccc(CSCC(=O)N(CCc2ccccc2)[C@@H](C)C(=O)NC(C)C)cc1. The molecule has 2 aromatic rings. The van der Waals surface area contributed by atoms with E-state index in [1.807, 2.05) is 68.4 Å². The summed E-state index contributed by atoms with van der Waals surface area (Å²) in [7, 11) is 1.64. The minimum absolute atomic E-state index is 0.0177. The van der Waals surface area contributed by atoms with Gasteiger partial charge in [0.25, 0.3) is 0 Å². The standard InChI is InChI=1S/C24H32N2O3S/c1-18(2)25-24(28)19(3)26(15-14-20-8-6-5-7-9-20)23(27)17-30-16-21-10-12-22(29-4)13-11-21/h5-13,18-19H,14-17H2,1-4H3,(H,25,28)/t19-/m0/s1. The van der Waals surface area contributed by atoms with Crippen LogP contribution in [0.5, 0.6) is 5.75 Å². The lowest BCUT2D eigenvalue weighted by molar-refractivity contribution is -0.138. The maximum absolute atomic E-state index is 13.0. The van der Waals surface area contributed by atoms with Crippen LogP contribution in [0.2, 0.25) is 0 Å². The zero-order valence-electron chi connectivity index (χ0n) is 18.3. The summed E-state index contributed by atoms with van der Waals surface area (Å²) >= 11 is 1.56. The van der Waals surface area contributed by atoms with Crippen molar-refractivity contribution in [2.24, 2.45) is 0 Å². The van der Waals surface area contributed by atoms with E-state index >= 15 is 0 Å². The van der Waals surface area contributed by atoms with E-state index in [1.165, 1.54) is 0 Å². The van der Waals surface area contributed by atoms with Gasteiger partial charge in [0.15, 0.2) is 0 Å². The van der Waals surface area contributed by atoms with Gasteiger partial charge in [-0.05, 0) is 50.5 Å². The van der Waals surface area contributed by atoms with E-state index in [2.05, 4.69) is 5.32 Å². The summed E-state index contributed by atoms with van der Waals surface area (Å²) in [5, 5.41) is 2.92. The summed E-state index contributed by atoms with van der Waals surface area (Å²) in [4.78, 5) is 27.2. The molecule has 0 bridgehead atoms. The van der Waals surface area contributed by atoms with Crippen LogP contribution in [-0.2, 0) is 21.8 Å². The number of rotatable bonds is 11. The van der Waals surface area contributed by atoms with E-state index in [0.717, 1.165) is 29.1 Å². The van der Waals surface area contributed by atoms with Crippen molar-refractivity contribution >= 4 is 23.6 Å². The van der Waals surface area contributed by atoms with Crippen LogP contribution in [0.3, 0.4) is 0 Å². The van der Waals surface area contributed by atoms with Crippen molar-refractivity contribution in [3.63, 3.8) is 0 Å². The molecule has 0 spiro atoms. The molecular formula is C24H32N2O3S. The predicted molar refractivity (Wildman–Crippen MR) is 124 cm³/mol. The molecule has 1 atom stereocenters. The number of thioether (sulfide) groups is 1. The Morgan fingerprint density at radius 1 is 1.00 bits per heavy atom. The fourth-order valence-electron chi connectivity index (χ4n) is 3.04. The van der Waals surface area contributed by atoms with Crippen molar-refractivity contribution in [3.8, 4) is 5.75 Å². The average Bonchev–Trinajstić information content (AvgIpc) is 2.74. The molecule has 1 N–H and O–H groups in total. The first-order chi connectivity index (χ1) is 14.4. The van der Waals surface area contributed by atoms with Gasteiger partial charge in [-0.15, -0.1) is 11.8 Å². The van der Waals surface area contributed by atoms with Gasteiger partial charge < -0.3 is 15.0 Å². The molecule has 0 saturated heterocycles. The van der Waals surface area contributed by atoms with E-state index in [0.29, 0.717) is 12.3 Å². The van der Waals surface area contributed by atoms with Crippen LogP contribution >= 0.6 is 11.8 Å². The average molecular weight is 429 g/mol. The molecule has 0 saturated carbocycles. The van der Waals surface area contributed by atoms with E-state index in [1.54, 1.807) is 30.7 Å². The first kappa shape index (κ1) is 23.8. The lowest BCUT2D eigenvalue weighted by Crippen LogP contribution is -2.50. The van der Waals surface area contributed by atoms with Gasteiger partial charge >= 0.3 is 0 Å². The summed E-state index contributed by atoms with van der Waals surface area (Å²) in [6.07, 6.45) is 0.717. The third kappa shape index (κ3) is 7.75. The number of nitrogens with one attached hydrogen (secondary N) is 1. The predicted octanol–water partition coefficient (Wildman–Crippen LogP) is 3.91. The summed E-state index contributed by atoms with van der Waals surface area (Å²) in [6, 6.07) is 17.4. The molecule has 0 unspecified atom stereocenters.